The van der Waals surface area contributed by atoms with Crippen molar-refractivity contribution in [3.63, 3.8) is 0 Å². The average Bonchev–Trinajstić information content (AvgIpc) is 3.17. The summed E-state index contributed by atoms with van der Waals surface area (Å²) in [4.78, 5) is 0. The number of benzene rings is 8. The zero-order valence-corrected chi connectivity index (χ0v) is 31.0. The van der Waals surface area contributed by atoms with Crippen molar-refractivity contribution in [2.45, 2.75) is 0 Å². The van der Waals surface area contributed by atoms with Gasteiger partial charge in [0.05, 0.1) is 28.7 Å². The van der Waals surface area contributed by atoms with Crippen molar-refractivity contribution in [1.82, 2.24) is 0 Å². The number of rotatable bonds is 4. The van der Waals surface area contributed by atoms with E-state index >= 15 is 0 Å². The Balaban J connectivity index is 0.000000145. The number of fused-ring (bicyclic) bond motifs is 6. The molecule has 0 atom stereocenters. The molecule has 0 heterocycles. The second-order valence-corrected chi connectivity index (χ2v) is 13.2. The lowest BCUT2D eigenvalue weighted by Crippen LogP contribution is -2.32. The lowest BCUT2D eigenvalue weighted by atomic mass is 9.80. The molecule has 10 heteroatoms. The highest BCUT2D eigenvalue weighted by molar-refractivity contribution is 9.10. The van der Waals surface area contributed by atoms with Crippen LogP contribution in [-0.2, 0) is 0 Å². The first-order chi connectivity index (χ1) is 25.2. The first-order valence-electron chi connectivity index (χ1n) is 16.0. The largest absolute Gasteiger partial charge is 0.495 e. The van der Waals surface area contributed by atoms with Gasteiger partial charge in [-0.15, -0.1) is 0 Å². The lowest BCUT2D eigenvalue weighted by Gasteiger charge is -2.17. The molecule has 0 aromatic heterocycles. The molecule has 52 heavy (non-hydrogen) atoms. The molecule has 8 rings (SSSR count). The van der Waals surface area contributed by atoms with E-state index in [0.29, 0.717) is 11.3 Å². The van der Waals surface area contributed by atoms with E-state index in [9.17, 15) is 8.78 Å². The first-order valence-corrected chi connectivity index (χ1v) is 17.6. The summed E-state index contributed by atoms with van der Waals surface area (Å²) in [5.41, 5.74) is 0.964. The smallest absolute Gasteiger partial charge is 0.491 e. The van der Waals surface area contributed by atoms with Crippen molar-refractivity contribution in [2.75, 3.05) is 14.2 Å². The molecule has 0 unspecified atom stereocenters. The lowest BCUT2D eigenvalue weighted by molar-refractivity contribution is 0.418. The van der Waals surface area contributed by atoms with Crippen LogP contribution in [0.2, 0.25) is 10.0 Å². The molecule has 0 aliphatic carbocycles. The second kappa shape index (κ2) is 16.3. The minimum absolute atomic E-state index is 0.104. The summed E-state index contributed by atoms with van der Waals surface area (Å²) in [6.07, 6.45) is 0. The molecule has 4 nitrogen and oxygen atoms in total. The van der Waals surface area contributed by atoms with Crippen LogP contribution >= 0.6 is 39.1 Å². The van der Waals surface area contributed by atoms with Gasteiger partial charge in [-0.1, -0.05) is 145 Å². The summed E-state index contributed by atoms with van der Waals surface area (Å²) < 4.78 is 39.8. The van der Waals surface area contributed by atoms with E-state index in [4.69, 9.17) is 42.7 Å². The molecule has 0 fully saturated rings. The molecule has 0 bridgehead atoms. The molecule has 8 aromatic rings. The Morgan fingerprint density at radius 3 is 1.40 bits per heavy atom. The molecule has 0 saturated carbocycles. The molecule has 0 saturated heterocycles. The fraction of sp³-hybridized carbons (Fsp3) is 0.0476. The highest BCUT2D eigenvalue weighted by Gasteiger charge is 2.20. The summed E-state index contributed by atoms with van der Waals surface area (Å²) in [5, 5.41) is 26.0. The quantitative estimate of drug-likeness (QED) is 0.138. The van der Waals surface area contributed by atoms with Crippen molar-refractivity contribution in [2.24, 2.45) is 0 Å². The summed E-state index contributed by atoms with van der Waals surface area (Å²) in [6, 6.07) is 41.7. The number of methoxy groups -OCH3 is 2. The van der Waals surface area contributed by atoms with Gasteiger partial charge in [0.1, 0.15) is 23.1 Å². The Labute approximate surface area is 318 Å². The number of hydrogen-bond acceptors (Lipinski definition) is 4. The second-order valence-electron chi connectivity index (χ2n) is 11.6. The highest BCUT2D eigenvalue weighted by atomic mass is 79.9. The van der Waals surface area contributed by atoms with E-state index in [1.54, 1.807) is 32.4 Å². The predicted molar refractivity (Wildman–Crippen MR) is 215 cm³/mol. The molecule has 0 spiro atoms. The van der Waals surface area contributed by atoms with Gasteiger partial charge in [-0.25, -0.2) is 8.78 Å². The number of hydrogen-bond donors (Lipinski definition) is 2. The zero-order chi connectivity index (χ0) is 36.9. The van der Waals surface area contributed by atoms with Crippen molar-refractivity contribution in [3.8, 4) is 22.6 Å². The average molecular weight is 798 g/mol. The molecule has 0 aliphatic rings. The summed E-state index contributed by atoms with van der Waals surface area (Å²) in [6.45, 7) is 0. The maximum Gasteiger partial charge on any atom is 0.491 e. The topological polar surface area (TPSA) is 58.9 Å². The van der Waals surface area contributed by atoms with Crippen LogP contribution in [0.5, 0.6) is 11.5 Å². The third-order valence-electron chi connectivity index (χ3n) is 8.60. The summed E-state index contributed by atoms with van der Waals surface area (Å²) in [5.74, 6) is 0.340. The molecular weight excluding hydrogens is 768 g/mol. The monoisotopic (exact) mass is 796 g/mol. The Morgan fingerprint density at radius 2 is 0.904 bits per heavy atom. The minimum atomic E-state index is -1.81. The Hall–Kier alpha value is -4.70. The van der Waals surface area contributed by atoms with Crippen LogP contribution in [0.15, 0.2) is 138 Å². The van der Waals surface area contributed by atoms with Crippen LogP contribution < -0.4 is 14.9 Å². The number of halogens is 5. The van der Waals surface area contributed by atoms with Crippen LogP contribution in [0.3, 0.4) is 0 Å². The van der Waals surface area contributed by atoms with Gasteiger partial charge in [-0.2, -0.15) is 0 Å². The zero-order valence-electron chi connectivity index (χ0n) is 27.9. The molecule has 0 aliphatic heterocycles. The van der Waals surface area contributed by atoms with Gasteiger partial charge in [0, 0.05) is 32.7 Å². The van der Waals surface area contributed by atoms with E-state index in [1.807, 2.05) is 54.6 Å². The maximum absolute atomic E-state index is 14.7. The molecule has 8 aromatic carbocycles. The summed E-state index contributed by atoms with van der Waals surface area (Å²) in [7, 11) is 1.51. The molecular formula is C42H30BBrCl2F2O4. The summed E-state index contributed by atoms with van der Waals surface area (Å²) >= 11 is 15.0. The van der Waals surface area contributed by atoms with Gasteiger partial charge >= 0.3 is 7.12 Å². The third-order valence-corrected chi connectivity index (χ3v) is 9.97. The van der Waals surface area contributed by atoms with Crippen molar-refractivity contribution in [3.05, 3.63) is 160 Å². The van der Waals surface area contributed by atoms with Crippen LogP contribution in [0.1, 0.15) is 0 Å². The SMILES string of the molecule is COc1c(-c2cccc(Cl)c2F)c2ccccc2c2ccccc12.COc1c(Br)c2ccccc2c2ccccc12.OB(O)c1cccc(Cl)c1F. The van der Waals surface area contributed by atoms with Crippen LogP contribution in [0.4, 0.5) is 8.78 Å². The Kier molecular flexibility index (Phi) is 11.6. The normalized spacial score (nSPS) is 10.8. The molecule has 0 radical (unpaired) electrons. The molecule has 0 amide bonds. The Morgan fingerprint density at radius 1 is 0.500 bits per heavy atom. The maximum atomic E-state index is 14.7. The first kappa shape index (κ1) is 37.1. The third kappa shape index (κ3) is 7.18. The van der Waals surface area contributed by atoms with Crippen molar-refractivity contribution < 1.29 is 28.3 Å². The fourth-order valence-electron chi connectivity index (χ4n) is 6.27. The van der Waals surface area contributed by atoms with E-state index in [-0.39, 0.29) is 15.5 Å². The standard InChI is InChI=1S/C21H14ClFO.C15H11BrO.C6H5BClFO2/c1-24-21-16-10-5-3-8-14(16)13-7-2-4-9-15(13)19(21)17-11-6-12-18(22)20(17)23;1-17-15-13-9-5-3-7-11(13)10-6-2-4-8-12(10)14(15)16;8-5-3-1-2-4(6(5)9)7(10)11/h2-12H,1H3;2-9H,1H3;1-3,10-11H. The Bertz CT molecular complexity index is 2570. The molecule has 2 N–H and O–H groups in total. The van der Waals surface area contributed by atoms with E-state index in [0.717, 1.165) is 42.7 Å². The van der Waals surface area contributed by atoms with Gasteiger partial charge in [0.2, 0.25) is 0 Å². The fourth-order valence-corrected chi connectivity index (χ4v) is 7.35. The van der Waals surface area contributed by atoms with E-state index < -0.39 is 18.8 Å². The minimum Gasteiger partial charge on any atom is -0.495 e. The predicted octanol–water partition coefficient (Wildman–Crippen LogP) is 11.4. The highest BCUT2D eigenvalue weighted by Crippen LogP contribution is 2.45. The van der Waals surface area contributed by atoms with Gasteiger partial charge < -0.3 is 19.5 Å². The van der Waals surface area contributed by atoms with E-state index in [1.165, 1.54) is 34.4 Å². The van der Waals surface area contributed by atoms with Crippen LogP contribution in [0, 0.1) is 11.6 Å². The van der Waals surface area contributed by atoms with Crippen molar-refractivity contribution in [1.29, 1.82) is 0 Å². The number of ether oxygens (including phenoxy) is 2. The van der Waals surface area contributed by atoms with Crippen LogP contribution in [-0.4, -0.2) is 31.4 Å². The molecule has 260 valence electrons. The van der Waals surface area contributed by atoms with Gasteiger partial charge in [-0.05, 0) is 55.0 Å². The van der Waals surface area contributed by atoms with Gasteiger partial charge in [-0.3, -0.25) is 0 Å². The van der Waals surface area contributed by atoms with Crippen LogP contribution in [0.25, 0.3) is 54.2 Å². The van der Waals surface area contributed by atoms with Gasteiger partial charge in [0.25, 0.3) is 0 Å². The van der Waals surface area contributed by atoms with Crippen molar-refractivity contribution >= 4 is 94.8 Å². The van der Waals surface area contributed by atoms with E-state index in [2.05, 4.69) is 58.4 Å². The van der Waals surface area contributed by atoms with Gasteiger partial charge in [0.15, 0.2) is 0 Å².